The van der Waals surface area contributed by atoms with E-state index in [0.717, 1.165) is 12.0 Å². The number of nitro benzene ring substituents is 1. The molecule has 7 heteroatoms. The first kappa shape index (κ1) is 16.1. The van der Waals surface area contributed by atoms with Gasteiger partial charge in [-0.15, -0.1) is 0 Å². The third kappa shape index (κ3) is 5.67. The Morgan fingerprint density at radius 2 is 2.21 bits per heavy atom. The summed E-state index contributed by atoms with van der Waals surface area (Å²) in [5.41, 5.74) is 0.726. The van der Waals surface area contributed by atoms with E-state index in [2.05, 4.69) is 5.32 Å². The van der Waals surface area contributed by atoms with Gasteiger partial charge in [-0.05, 0) is 25.0 Å². The molecule has 0 fully saturated rings. The molecule has 2 atom stereocenters. The second-order valence-electron chi connectivity index (χ2n) is 4.39. The lowest BCUT2D eigenvalue weighted by Gasteiger charge is -2.13. The van der Waals surface area contributed by atoms with E-state index in [1.807, 2.05) is 6.92 Å². The molecule has 0 spiro atoms. The van der Waals surface area contributed by atoms with Crippen molar-refractivity contribution >= 4 is 28.1 Å². The highest BCUT2D eigenvalue weighted by Gasteiger charge is 2.13. The summed E-state index contributed by atoms with van der Waals surface area (Å²) in [5.74, 6) is 0.648. The van der Waals surface area contributed by atoms with Crippen LogP contribution in [0, 0.1) is 10.1 Å². The van der Waals surface area contributed by atoms with Gasteiger partial charge >= 0.3 is 0 Å². The molecular formula is C12H17ClN2O3S. The predicted octanol–water partition coefficient (Wildman–Crippen LogP) is 2.49. The molecule has 1 N–H and O–H groups in total. The molecule has 19 heavy (non-hydrogen) atoms. The van der Waals surface area contributed by atoms with Crippen molar-refractivity contribution in [2.75, 3.05) is 12.0 Å². The maximum Gasteiger partial charge on any atom is 0.288 e. The van der Waals surface area contributed by atoms with E-state index in [1.54, 1.807) is 12.3 Å². The number of hydrogen-bond donors (Lipinski definition) is 1. The number of nitrogens with zero attached hydrogens (tertiary/aromatic N) is 1. The van der Waals surface area contributed by atoms with Crippen LogP contribution in [0.4, 0.5) is 5.69 Å². The normalized spacial score (nSPS) is 14.1. The van der Waals surface area contributed by atoms with Gasteiger partial charge in [0.05, 0.1) is 4.92 Å². The minimum absolute atomic E-state index is 0.0803. The SMILES string of the molecule is CC(CCS(C)=O)NCc1ccc(Cl)c([N+](=O)[O-])c1. The molecule has 0 aliphatic rings. The highest BCUT2D eigenvalue weighted by Crippen LogP contribution is 2.24. The van der Waals surface area contributed by atoms with Crippen LogP contribution in [0.2, 0.25) is 5.02 Å². The Balaban J connectivity index is 2.56. The summed E-state index contributed by atoms with van der Waals surface area (Å²) in [6.45, 7) is 2.52. The fourth-order valence-corrected chi connectivity index (χ4v) is 2.42. The number of rotatable bonds is 7. The van der Waals surface area contributed by atoms with Crippen LogP contribution in [-0.2, 0) is 17.3 Å². The van der Waals surface area contributed by atoms with E-state index < -0.39 is 15.7 Å². The Bertz CT molecular complexity index is 482. The van der Waals surface area contributed by atoms with Crippen molar-refractivity contribution in [2.45, 2.75) is 25.9 Å². The summed E-state index contributed by atoms with van der Waals surface area (Å²) in [7, 11) is -0.794. The van der Waals surface area contributed by atoms with Crippen LogP contribution in [-0.4, -0.2) is 27.2 Å². The van der Waals surface area contributed by atoms with Crippen LogP contribution < -0.4 is 5.32 Å². The summed E-state index contributed by atoms with van der Waals surface area (Å²) < 4.78 is 11.0. The third-order valence-corrected chi connectivity index (χ3v) is 3.83. The second kappa shape index (κ2) is 7.57. The zero-order valence-electron chi connectivity index (χ0n) is 10.9. The fourth-order valence-electron chi connectivity index (χ4n) is 1.55. The maximum atomic E-state index is 11.0. The Hall–Kier alpha value is -0.980. The summed E-state index contributed by atoms with van der Waals surface area (Å²) in [5, 5.41) is 14.1. The number of hydrogen-bond acceptors (Lipinski definition) is 4. The third-order valence-electron chi connectivity index (χ3n) is 2.70. The lowest BCUT2D eigenvalue weighted by molar-refractivity contribution is -0.384. The number of halogens is 1. The molecule has 0 heterocycles. The Morgan fingerprint density at radius 1 is 1.53 bits per heavy atom. The molecule has 1 rings (SSSR count). The van der Waals surface area contributed by atoms with Crippen LogP contribution in [0.1, 0.15) is 18.9 Å². The topological polar surface area (TPSA) is 72.2 Å². The van der Waals surface area contributed by atoms with Crippen molar-refractivity contribution in [3.8, 4) is 0 Å². The molecule has 0 saturated heterocycles. The Kier molecular flexibility index (Phi) is 6.41. The van der Waals surface area contributed by atoms with Crippen molar-refractivity contribution in [1.29, 1.82) is 0 Å². The van der Waals surface area contributed by atoms with Crippen molar-refractivity contribution in [2.24, 2.45) is 0 Å². The molecule has 0 amide bonds. The van der Waals surface area contributed by atoms with Gasteiger partial charge in [0.2, 0.25) is 0 Å². The van der Waals surface area contributed by atoms with Crippen LogP contribution in [0.15, 0.2) is 18.2 Å². The van der Waals surface area contributed by atoms with E-state index in [-0.39, 0.29) is 16.8 Å². The van der Waals surface area contributed by atoms with Gasteiger partial charge in [-0.25, -0.2) is 0 Å². The summed E-state index contributed by atoms with van der Waals surface area (Å²) >= 11 is 5.74. The standard InChI is InChI=1S/C12H17ClN2O3S/c1-9(5-6-19(2)18)14-8-10-3-4-11(13)12(7-10)15(16)17/h3-4,7,9,14H,5-6,8H2,1-2H3. The molecule has 0 aliphatic heterocycles. The monoisotopic (exact) mass is 304 g/mol. The molecule has 0 aliphatic carbocycles. The quantitative estimate of drug-likeness (QED) is 0.620. The van der Waals surface area contributed by atoms with Gasteiger partial charge in [0, 0.05) is 41.5 Å². The molecule has 106 valence electrons. The summed E-state index contributed by atoms with van der Waals surface area (Å²) in [6.07, 6.45) is 2.48. The Labute approximate surface area is 120 Å². The summed E-state index contributed by atoms with van der Waals surface area (Å²) in [6, 6.07) is 4.97. The van der Waals surface area contributed by atoms with E-state index in [0.29, 0.717) is 12.3 Å². The molecule has 2 unspecified atom stereocenters. The van der Waals surface area contributed by atoms with Crippen LogP contribution in [0.3, 0.4) is 0 Å². The van der Waals surface area contributed by atoms with Gasteiger partial charge in [-0.3, -0.25) is 14.3 Å². The number of nitrogens with one attached hydrogen (secondary N) is 1. The molecule has 0 radical (unpaired) electrons. The second-order valence-corrected chi connectivity index (χ2v) is 6.35. The largest absolute Gasteiger partial charge is 0.310 e. The van der Waals surface area contributed by atoms with Gasteiger partial charge in [-0.2, -0.15) is 0 Å². The molecule has 1 aromatic carbocycles. The molecule has 5 nitrogen and oxygen atoms in total. The molecule has 0 bridgehead atoms. The van der Waals surface area contributed by atoms with Gasteiger partial charge in [0.15, 0.2) is 0 Å². The smallest absolute Gasteiger partial charge is 0.288 e. The highest BCUT2D eigenvalue weighted by atomic mass is 35.5. The number of nitro groups is 1. The van der Waals surface area contributed by atoms with Gasteiger partial charge in [-0.1, -0.05) is 17.7 Å². The molecular weight excluding hydrogens is 288 g/mol. The summed E-state index contributed by atoms with van der Waals surface area (Å²) in [4.78, 5) is 10.3. The zero-order valence-corrected chi connectivity index (χ0v) is 12.5. The van der Waals surface area contributed by atoms with Crippen molar-refractivity contribution in [3.05, 3.63) is 38.9 Å². The first-order valence-corrected chi connectivity index (χ1v) is 7.97. The average molecular weight is 305 g/mol. The average Bonchev–Trinajstić information content (AvgIpc) is 2.35. The van der Waals surface area contributed by atoms with Crippen molar-refractivity contribution < 1.29 is 9.13 Å². The lowest BCUT2D eigenvalue weighted by Crippen LogP contribution is -2.27. The highest BCUT2D eigenvalue weighted by molar-refractivity contribution is 7.84. The van der Waals surface area contributed by atoms with Crippen LogP contribution in [0.25, 0.3) is 0 Å². The van der Waals surface area contributed by atoms with Gasteiger partial charge < -0.3 is 5.32 Å². The van der Waals surface area contributed by atoms with E-state index in [4.69, 9.17) is 11.6 Å². The molecule has 0 saturated carbocycles. The van der Waals surface area contributed by atoms with Crippen molar-refractivity contribution in [3.63, 3.8) is 0 Å². The lowest BCUT2D eigenvalue weighted by atomic mass is 10.2. The Morgan fingerprint density at radius 3 is 2.79 bits per heavy atom. The predicted molar refractivity (Wildman–Crippen MR) is 78.0 cm³/mol. The van der Waals surface area contributed by atoms with Gasteiger partial charge in [0.1, 0.15) is 5.02 Å². The first-order chi connectivity index (χ1) is 8.90. The minimum atomic E-state index is -0.794. The van der Waals surface area contributed by atoms with Gasteiger partial charge in [0.25, 0.3) is 5.69 Å². The first-order valence-electron chi connectivity index (χ1n) is 5.86. The van der Waals surface area contributed by atoms with E-state index in [1.165, 1.54) is 12.1 Å². The molecule has 0 aromatic heterocycles. The van der Waals surface area contributed by atoms with E-state index in [9.17, 15) is 14.3 Å². The van der Waals surface area contributed by atoms with Crippen LogP contribution in [0.5, 0.6) is 0 Å². The fraction of sp³-hybridized carbons (Fsp3) is 0.500. The van der Waals surface area contributed by atoms with Crippen molar-refractivity contribution in [1.82, 2.24) is 5.32 Å². The molecule has 1 aromatic rings. The zero-order chi connectivity index (χ0) is 14.4. The minimum Gasteiger partial charge on any atom is -0.310 e. The van der Waals surface area contributed by atoms with E-state index >= 15 is 0 Å². The maximum absolute atomic E-state index is 11.0. The number of benzene rings is 1. The van der Waals surface area contributed by atoms with Crippen LogP contribution >= 0.6 is 11.6 Å².